The fourth-order valence-electron chi connectivity index (χ4n) is 1.18. The van der Waals surface area contributed by atoms with Gasteiger partial charge in [-0.25, -0.2) is 0 Å². The first-order valence-electron chi connectivity index (χ1n) is 3.57. The summed E-state index contributed by atoms with van der Waals surface area (Å²) in [6.07, 6.45) is 1.40. The second-order valence-electron chi connectivity index (χ2n) is 2.62. The van der Waals surface area contributed by atoms with E-state index in [1.807, 2.05) is 0 Å². The molecule has 0 aromatic rings. The Kier molecular flexibility index (Phi) is 2.50. The van der Waals surface area contributed by atoms with Crippen molar-refractivity contribution in [1.29, 1.82) is 0 Å². The van der Waals surface area contributed by atoms with Gasteiger partial charge in [0.05, 0.1) is 0 Å². The van der Waals surface area contributed by atoms with Crippen molar-refractivity contribution < 1.29 is 15.0 Å². The van der Waals surface area contributed by atoms with E-state index in [2.05, 4.69) is 11.8 Å². The predicted octanol–water partition coefficient (Wildman–Crippen LogP) is 0.0929. The summed E-state index contributed by atoms with van der Waals surface area (Å²) in [4.78, 5) is 10.5. The summed E-state index contributed by atoms with van der Waals surface area (Å²) in [7, 11) is 0. The van der Waals surface area contributed by atoms with Gasteiger partial charge in [0.25, 0.3) is 0 Å². The van der Waals surface area contributed by atoms with Gasteiger partial charge in [0.2, 0.25) is 0 Å². The van der Waals surface area contributed by atoms with Gasteiger partial charge in [-0.05, 0) is 6.42 Å². The van der Waals surface area contributed by atoms with E-state index in [1.54, 1.807) is 0 Å². The first kappa shape index (κ1) is 8.09. The minimum atomic E-state index is -0.920. The number of hydrogen-bond donors (Lipinski definition) is 2. The van der Waals surface area contributed by atoms with Gasteiger partial charge in [-0.2, -0.15) is 0 Å². The smallest absolute Gasteiger partial charge is 0.319 e. The zero-order chi connectivity index (χ0) is 8.27. The van der Waals surface area contributed by atoms with Crippen LogP contribution in [0.4, 0.5) is 0 Å². The van der Waals surface area contributed by atoms with E-state index in [-0.39, 0.29) is 12.5 Å². The van der Waals surface area contributed by atoms with Crippen LogP contribution in [0.1, 0.15) is 12.8 Å². The molecule has 3 nitrogen and oxygen atoms in total. The molecule has 0 heterocycles. The van der Waals surface area contributed by atoms with Gasteiger partial charge < -0.3 is 10.2 Å². The molecular formula is C8H10O3. The van der Waals surface area contributed by atoms with Crippen LogP contribution in [-0.4, -0.2) is 22.8 Å². The van der Waals surface area contributed by atoms with Crippen molar-refractivity contribution in [2.75, 3.05) is 6.61 Å². The number of carboxylic acid groups (broad SMARTS) is 1. The van der Waals surface area contributed by atoms with Crippen molar-refractivity contribution in [3.8, 4) is 11.8 Å². The fraction of sp³-hybridized carbons (Fsp3) is 0.625. The zero-order valence-electron chi connectivity index (χ0n) is 6.08. The number of hydrogen-bond acceptors (Lipinski definition) is 2. The van der Waals surface area contributed by atoms with Crippen LogP contribution in [0.2, 0.25) is 0 Å². The third kappa shape index (κ3) is 1.72. The Labute approximate surface area is 65.0 Å². The molecule has 2 N–H and O–H groups in total. The van der Waals surface area contributed by atoms with E-state index >= 15 is 0 Å². The minimum Gasteiger partial charge on any atom is -0.480 e. The molecule has 2 atom stereocenters. The molecular weight excluding hydrogens is 144 g/mol. The predicted molar refractivity (Wildman–Crippen MR) is 38.7 cm³/mol. The highest BCUT2D eigenvalue weighted by molar-refractivity contribution is 5.74. The van der Waals surface area contributed by atoms with Gasteiger partial charge >= 0.3 is 5.97 Å². The van der Waals surface area contributed by atoms with E-state index in [0.717, 1.165) is 0 Å². The first-order chi connectivity index (χ1) is 5.25. The zero-order valence-corrected chi connectivity index (χ0v) is 6.08. The van der Waals surface area contributed by atoms with E-state index < -0.39 is 11.9 Å². The summed E-state index contributed by atoms with van der Waals surface area (Å²) in [5.41, 5.74) is 0. The van der Waals surface area contributed by atoms with Gasteiger partial charge in [0.1, 0.15) is 5.92 Å². The Bertz CT molecular complexity index is 211. The molecule has 0 aliphatic heterocycles. The monoisotopic (exact) mass is 154 g/mol. The van der Waals surface area contributed by atoms with Crippen molar-refractivity contribution in [2.24, 2.45) is 11.8 Å². The number of aliphatic carboxylic acids is 1. The summed E-state index contributed by atoms with van der Waals surface area (Å²) in [6, 6.07) is 0. The molecule has 0 radical (unpaired) electrons. The van der Waals surface area contributed by atoms with Crippen LogP contribution < -0.4 is 0 Å². The lowest BCUT2D eigenvalue weighted by Crippen LogP contribution is -2.26. The fourth-order valence-corrected chi connectivity index (χ4v) is 1.18. The van der Waals surface area contributed by atoms with Crippen molar-refractivity contribution in [3.05, 3.63) is 0 Å². The van der Waals surface area contributed by atoms with Gasteiger partial charge in [0.15, 0.2) is 0 Å². The normalized spacial score (nSPS) is 28.8. The third-order valence-corrected chi connectivity index (χ3v) is 1.87. The lowest BCUT2D eigenvalue weighted by Gasteiger charge is -2.18. The van der Waals surface area contributed by atoms with E-state index in [1.165, 1.54) is 0 Å². The Balaban J connectivity index is 2.69. The van der Waals surface area contributed by atoms with E-state index in [0.29, 0.717) is 12.8 Å². The molecule has 0 saturated carbocycles. The lowest BCUT2D eigenvalue weighted by atomic mass is 9.86. The molecule has 2 unspecified atom stereocenters. The van der Waals surface area contributed by atoms with Crippen molar-refractivity contribution >= 4 is 5.97 Å². The molecule has 0 bridgehead atoms. The topological polar surface area (TPSA) is 57.5 Å². The van der Waals surface area contributed by atoms with E-state index in [4.69, 9.17) is 10.2 Å². The van der Waals surface area contributed by atoms with Crippen molar-refractivity contribution in [1.82, 2.24) is 0 Å². The molecule has 1 rings (SSSR count). The summed E-state index contributed by atoms with van der Waals surface area (Å²) in [5.74, 6) is 3.60. The maximum absolute atomic E-state index is 10.5. The van der Waals surface area contributed by atoms with Crippen LogP contribution in [0.15, 0.2) is 0 Å². The second-order valence-corrected chi connectivity index (χ2v) is 2.62. The summed E-state index contributed by atoms with van der Waals surface area (Å²) >= 11 is 0. The highest BCUT2D eigenvalue weighted by Gasteiger charge is 2.26. The Hall–Kier alpha value is -1.01. The van der Waals surface area contributed by atoms with Gasteiger partial charge in [0, 0.05) is 18.9 Å². The van der Waals surface area contributed by atoms with Crippen molar-refractivity contribution in [3.63, 3.8) is 0 Å². The molecule has 0 saturated heterocycles. The van der Waals surface area contributed by atoms with E-state index in [9.17, 15) is 4.79 Å². The molecule has 0 spiro atoms. The maximum atomic E-state index is 10.5. The lowest BCUT2D eigenvalue weighted by molar-refractivity contribution is -0.142. The molecule has 0 aromatic carbocycles. The molecule has 0 fully saturated rings. The molecule has 0 amide bonds. The Morgan fingerprint density at radius 3 is 2.82 bits per heavy atom. The Morgan fingerprint density at radius 2 is 2.36 bits per heavy atom. The second kappa shape index (κ2) is 3.40. The van der Waals surface area contributed by atoms with Gasteiger partial charge in [-0.3, -0.25) is 4.79 Å². The molecule has 1 aliphatic rings. The molecule has 11 heavy (non-hydrogen) atoms. The number of aliphatic hydroxyl groups is 1. The molecule has 0 aromatic heterocycles. The van der Waals surface area contributed by atoms with Gasteiger partial charge in [-0.15, -0.1) is 5.92 Å². The average Bonchev–Trinajstić information content (AvgIpc) is 2.04. The quantitative estimate of drug-likeness (QED) is 0.554. The maximum Gasteiger partial charge on any atom is 0.319 e. The van der Waals surface area contributed by atoms with Crippen LogP contribution >= 0.6 is 0 Å². The minimum absolute atomic E-state index is 0.0777. The highest BCUT2D eigenvalue weighted by Crippen LogP contribution is 2.20. The van der Waals surface area contributed by atoms with Crippen LogP contribution in [0.25, 0.3) is 0 Å². The number of aliphatic hydroxyl groups excluding tert-OH is 1. The standard InChI is InChI=1S/C8H10O3/c9-5-6-3-1-2-4-7(6)8(10)11/h6-7,9H,1,3,5H2,(H,10,11). The highest BCUT2D eigenvalue weighted by atomic mass is 16.4. The van der Waals surface area contributed by atoms with Crippen LogP contribution in [0.5, 0.6) is 0 Å². The van der Waals surface area contributed by atoms with Crippen LogP contribution in [0, 0.1) is 23.7 Å². The number of carbonyl (C=O) groups is 1. The molecule has 60 valence electrons. The first-order valence-corrected chi connectivity index (χ1v) is 3.57. The Morgan fingerprint density at radius 1 is 1.64 bits per heavy atom. The summed E-state index contributed by atoms with van der Waals surface area (Å²) in [5, 5.41) is 17.4. The summed E-state index contributed by atoms with van der Waals surface area (Å²) < 4.78 is 0. The SMILES string of the molecule is O=C(O)C1C#CCCC1CO. The van der Waals surface area contributed by atoms with Crippen molar-refractivity contribution in [2.45, 2.75) is 12.8 Å². The molecule has 3 heteroatoms. The summed E-state index contributed by atoms with van der Waals surface area (Å²) in [6.45, 7) is -0.0777. The average molecular weight is 154 g/mol. The largest absolute Gasteiger partial charge is 0.480 e. The number of carboxylic acids is 1. The van der Waals surface area contributed by atoms with Gasteiger partial charge in [-0.1, -0.05) is 5.92 Å². The van der Waals surface area contributed by atoms with Crippen LogP contribution in [-0.2, 0) is 4.79 Å². The van der Waals surface area contributed by atoms with Crippen LogP contribution in [0.3, 0.4) is 0 Å². The third-order valence-electron chi connectivity index (χ3n) is 1.87. The molecule has 1 aliphatic carbocycles. The number of rotatable bonds is 2.